The number of esters is 1. The largest absolute Gasteiger partial charge is 0.506 e. The summed E-state index contributed by atoms with van der Waals surface area (Å²) in [6.45, 7) is 2.94. The molecule has 0 spiro atoms. The summed E-state index contributed by atoms with van der Waals surface area (Å²) in [5.74, 6) is -0.706. The molecule has 0 aliphatic rings. The highest BCUT2D eigenvalue weighted by Gasteiger charge is 2.08. The first-order valence-corrected chi connectivity index (χ1v) is 6.82. The quantitative estimate of drug-likeness (QED) is 0.343. The molecule has 6 heteroatoms. The van der Waals surface area contributed by atoms with Crippen LogP contribution in [0.4, 0.5) is 10.5 Å². The fourth-order valence-electron chi connectivity index (χ4n) is 1.84. The van der Waals surface area contributed by atoms with Crippen molar-refractivity contribution in [3.63, 3.8) is 0 Å². The number of carbonyl (C=O) groups excluding carboxylic acids is 2. The van der Waals surface area contributed by atoms with Crippen LogP contribution in [0.25, 0.3) is 11.1 Å². The van der Waals surface area contributed by atoms with Crippen molar-refractivity contribution < 1.29 is 19.4 Å². The van der Waals surface area contributed by atoms with Gasteiger partial charge in [0.15, 0.2) is 6.73 Å². The molecular weight excluding hydrogens is 296 g/mol. The van der Waals surface area contributed by atoms with Crippen molar-refractivity contribution in [2.45, 2.75) is 0 Å². The molecule has 2 amide bonds. The van der Waals surface area contributed by atoms with Crippen LogP contribution in [0, 0.1) is 0 Å². The first-order valence-electron chi connectivity index (χ1n) is 6.82. The van der Waals surface area contributed by atoms with Crippen LogP contribution in [0.3, 0.4) is 0 Å². The summed E-state index contributed by atoms with van der Waals surface area (Å²) in [5, 5.41) is 14.7. The third kappa shape index (κ3) is 4.60. The van der Waals surface area contributed by atoms with Crippen LogP contribution < -0.4 is 10.6 Å². The number of phenols is 1. The standard InChI is InChI=1S/C17H16N2O4/c1-2-16(21)23-11-18-17(22)19-14-10-13(8-9-15(14)20)12-6-4-3-5-7-12/h2-10,20H,1,11H2,(H2,18,19,22). The number of phenolic OH excluding ortho intramolecular Hbond substituents is 1. The number of nitrogens with one attached hydrogen (secondary N) is 2. The van der Waals surface area contributed by atoms with Crippen LogP contribution in [0.2, 0.25) is 0 Å². The highest BCUT2D eigenvalue weighted by Crippen LogP contribution is 2.29. The molecule has 0 fully saturated rings. The summed E-state index contributed by atoms with van der Waals surface area (Å²) in [5.41, 5.74) is 2.05. The summed E-state index contributed by atoms with van der Waals surface area (Å²) in [6, 6.07) is 13.8. The Morgan fingerprint density at radius 2 is 1.87 bits per heavy atom. The van der Waals surface area contributed by atoms with Crippen molar-refractivity contribution in [1.82, 2.24) is 5.32 Å². The molecule has 0 heterocycles. The Morgan fingerprint density at radius 1 is 1.13 bits per heavy atom. The second-order valence-corrected chi connectivity index (χ2v) is 4.54. The van der Waals surface area contributed by atoms with Crippen molar-refractivity contribution in [1.29, 1.82) is 0 Å². The number of carbonyl (C=O) groups is 2. The molecule has 0 aliphatic carbocycles. The molecule has 2 rings (SSSR count). The SMILES string of the molecule is C=CC(=O)OCNC(=O)Nc1cc(-c2ccccc2)ccc1O. The minimum absolute atomic E-state index is 0.0667. The first kappa shape index (κ1) is 16.1. The van der Waals surface area contributed by atoms with E-state index in [0.717, 1.165) is 17.2 Å². The van der Waals surface area contributed by atoms with Gasteiger partial charge in [-0.1, -0.05) is 43.0 Å². The molecule has 0 atom stereocenters. The van der Waals surface area contributed by atoms with Crippen LogP contribution in [-0.2, 0) is 9.53 Å². The van der Waals surface area contributed by atoms with E-state index in [-0.39, 0.29) is 18.2 Å². The van der Waals surface area contributed by atoms with Gasteiger partial charge < -0.3 is 20.5 Å². The van der Waals surface area contributed by atoms with Crippen LogP contribution in [-0.4, -0.2) is 23.8 Å². The van der Waals surface area contributed by atoms with Crippen molar-refractivity contribution in [3.05, 3.63) is 61.2 Å². The second-order valence-electron chi connectivity index (χ2n) is 4.54. The molecule has 0 radical (unpaired) electrons. The number of urea groups is 1. The maximum atomic E-state index is 11.7. The molecule has 2 aromatic rings. The first-order chi connectivity index (χ1) is 11.1. The minimum Gasteiger partial charge on any atom is -0.506 e. The van der Waals surface area contributed by atoms with Gasteiger partial charge in [0.05, 0.1) is 5.69 Å². The van der Waals surface area contributed by atoms with Crippen molar-refractivity contribution in [2.24, 2.45) is 0 Å². The lowest BCUT2D eigenvalue weighted by Crippen LogP contribution is -2.31. The number of ether oxygens (including phenoxy) is 1. The Labute approximate surface area is 133 Å². The van der Waals surface area contributed by atoms with Gasteiger partial charge in [-0.15, -0.1) is 0 Å². The van der Waals surface area contributed by atoms with Crippen LogP contribution in [0.1, 0.15) is 0 Å². The normalized spacial score (nSPS) is 9.74. The Morgan fingerprint density at radius 3 is 2.57 bits per heavy atom. The number of benzene rings is 2. The van der Waals surface area contributed by atoms with Gasteiger partial charge >= 0.3 is 12.0 Å². The number of amides is 2. The summed E-state index contributed by atoms with van der Waals surface area (Å²) in [4.78, 5) is 22.6. The average molecular weight is 312 g/mol. The fraction of sp³-hybridized carbons (Fsp3) is 0.0588. The summed E-state index contributed by atoms with van der Waals surface area (Å²) in [6.07, 6.45) is 0.995. The molecule has 0 bridgehead atoms. The highest BCUT2D eigenvalue weighted by molar-refractivity contribution is 5.92. The predicted octanol–water partition coefficient (Wildman–Crippen LogP) is 2.87. The average Bonchev–Trinajstić information content (AvgIpc) is 2.57. The van der Waals surface area contributed by atoms with E-state index in [1.807, 2.05) is 30.3 Å². The molecule has 23 heavy (non-hydrogen) atoms. The lowest BCUT2D eigenvalue weighted by atomic mass is 10.0. The molecule has 0 aromatic heterocycles. The van der Waals surface area contributed by atoms with Gasteiger partial charge in [-0.3, -0.25) is 0 Å². The van der Waals surface area contributed by atoms with Crippen LogP contribution in [0.5, 0.6) is 5.75 Å². The maximum Gasteiger partial charge on any atom is 0.331 e. The highest BCUT2D eigenvalue weighted by atomic mass is 16.5. The molecule has 0 aliphatic heterocycles. The summed E-state index contributed by atoms with van der Waals surface area (Å²) < 4.78 is 4.63. The van der Waals surface area contributed by atoms with Crippen molar-refractivity contribution in [2.75, 3.05) is 12.0 Å². The molecule has 2 aromatic carbocycles. The van der Waals surface area contributed by atoms with Gasteiger partial charge in [-0.05, 0) is 23.3 Å². The van der Waals surface area contributed by atoms with Crippen LogP contribution >= 0.6 is 0 Å². The lowest BCUT2D eigenvalue weighted by molar-refractivity contribution is -0.138. The maximum absolute atomic E-state index is 11.7. The number of anilines is 1. The number of aromatic hydroxyl groups is 1. The van der Waals surface area contributed by atoms with E-state index in [1.54, 1.807) is 12.1 Å². The summed E-state index contributed by atoms with van der Waals surface area (Å²) in [7, 11) is 0. The van der Waals surface area contributed by atoms with Gasteiger partial charge in [0.25, 0.3) is 0 Å². The Bertz CT molecular complexity index is 714. The Hall–Kier alpha value is -3.28. The zero-order valence-corrected chi connectivity index (χ0v) is 12.3. The monoisotopic (exact) mass is 312 g/mol. The van der Waals surface area contributed by atoms with E-state index in [0.29, 0.717) is 0 Å². The molecule has 118 valence electrons. The predicted molar refractivity (Wildman–Crippen MR) is 86.9 cm³/mol. The number of rotatable bonds is 5. The molecule has 0 unspecified atom stereocenters. The fourth-order valence-corrected chi connectivity index (χ4v) is 1.84. The lowest BCUT2D eigenvalue weighted by Gasteiger charge is -2.11. The smallest absolute Gasteiger partial charge is 0.331 e. The van der Waals surface area contributed by atoms with Crippen LogP contribution in [0.15, 0.2) is 61.2 Å². The minimum atomic E-state index is -0.640. The number of hydrogen-bond acceptors (Lipinski definition) is 4. The van der Waals surface area contributed by atoms with Gasteiger partial charge in [0, 0.05) is 6.08 Å². The van der Waals surface area contributed by atoms with E-state index >= 15 is 0 Å². The number of hydrogen-bond donors (Lipinski definition) is 3. The van der Waals surface area contributed by atoms with Crippen molar-refractivity contribution >= 4 is 17.7 Å². The zero-order valence-electron chi connectivity index (χ0n) is 12.3. The van der Waals surface area contributed by atoms with Gasteiger partial charge in [0.2, 0.25) is 0 Å². The second kappa shape index (κ2) is 7.65. The van der Waals surface area contributed by atoms with Gasteiger partial charge in [0.1, 0.15) is 5.75 Å². The Kier molecular flexibility index (Phi) is 5.35. The molecular formula is C17H16N2O4. The van der Waals surface area contributed by atoms with E-state index in [9.17, 15) is 14.7 Å². The van der Waals surface area contributed by atoms with E-state index < -0.39 is 12.0 Å². The molecule has 3 N–H and O–H groups in total. The van der Waals surface area contributed by atoms with Gasteiger partial charge in [-0.25, -0.2) is 9.59 Å². The third-order valence-corrected chi connectivity index (χ3v) is 2.97. The van der Waals surface area contributed by atoms with Gasteiger partial charge in [-0.2, -0.15) is 0 Å². The molecule has 0 saturated carbocycles. The zero-order chi connectivity index (χ0) is 16.7. The topological polar surface area (TPSA) is 87.7 Å². The van der Waals surface area contributed by atoms with E-state index in [1.165, 1.54) is 6.07 Å². The van der Waals surface area contributed by atoms with E-state index in [2.05, 4.69) is 21.9 Å². The van der Waals surface area contributed by atoms with Crippen molar-refractivity contribution in [3.8, 4) is 16.9 Å². The molecule has 6 nitrogen and oxygen atoms in total. The molecule has 0 saturated heterocycles. The Balaban J connectivity index is 2.03. The summed E-state index contributed by atoms with van der Waals surface area (Å²) >= 11 is 0. The van der Waals surface area contributed by atoms with E-state index in [4.69, 9.17) is 0 Å². The third-order valence-electron chi connectivity index (χ3n) is 2.97.